The van der Waals surface area contributed by atoms with Gasteiger partial charge in [0, 0.05) is 25.6 Å². The Balaban J connectivity index is 1.86. The Kier molecular flexibility index (Phi) is 7.25. The van der Waals surface area contributed by atoms with E-state index < -0.39 is 12.0 Å². The van der Waals surface area contributed by atoms with Crippen LogP contribution in [0.15, 0.2) is 42.0 Å². The topological polar surface area (TPSA) is 74.7 Å². The van der Waals surface area contributed by atoms with Crippen molar-refractivity contribution in [1.82, 2.24) is 4.90 Å². The predicted octanol–water partition coefficient (Wildman–Crippen LogP) is 2.90. The van der Waals surface area contributed by atoms with Gasteiger partial charge in [0.05, 0.1) is 0 Å². The van der Waals surface area contributed by atoms with Gasteiger partial charge in [0.2, 0.25) is 5.91 Å². The van der Waals surface area contributed by atoms with Gasteiger partial charge in [0.1, 0.15) is 6.04 Å². The molecule has 0 fully saturated rings. The average molecular weight is 361 g/mol. The third-order valence-electron chi connectivity index (χ3n) is 4.10. The Bertz CT molecular complexity index is 657. The van der Waals surface area contributed by atoms with Crippen LogP contribution in [0.25, 0.3) is 0 Å². The molecule has 25 heavy (non-hydrogen) atoms. The van der Waals surface area contributed by atoms with Gasteiger partial charge in [-0.2, -0.15) is 0 Å². The molecule has 1 aliphatic rings. The maximum atomic E-state index is 12.3. The van der Waals surface area contributed by atoms with Crippen LogP contribution in [0.3, 0.4) is 0 Å². The molecule has 1 heterocycles. The monoisotopic (exact) mass is 361 g/mol. The second-order valence-electron chi connectivity index (χ2n) is 6.06. The van der Waals surface area contributed by atoms with E-state index in [1.165, 1.54) is 17.4 Å². The molecule has 0 aliphatic carbocycles. The Morgan fingerprint density at radius 1 is 1.20 bits per heavy atom. The number of aryl methyl sites for hydroxylation is 1. The summed E-state index contributed by atoms with van der Waals surface area (Å²) in [5.74, 6) is -0.832. The van der Waals surface area contributed by atoms with Crippen molar-refractivity contribution in [3.63, 3.8) is 0 Å². The molecule has 6 heteroatoms. The fourth-order valence-electron chi connectivity index (χ4n) is 2.88. The van der Waals surface area contributed by atoms with E-state index in [1.807, 2.05) is 18.2 Å². The number of rotatable bonds is 8. The number of benzene rings is 1. The van der Waals surface area contributed by atoms with Crippen LogP contribution in [-0.2, 0) is 20.8 Å². The molecular weight excluding hydrogens is 338 g/mol. The molecule has 1 aromatic rings. The molecule has 1 N–H and O–H groups in total. The van der Waals surface area contributed by atoms with Crippen molar-refractivity contribution < 1.29 is 19.5 Å². The van der Waals surface area contributed by atoms with Crippen LogP contribution in [0.5, 0.6) is 0 Å². The smallest absolute Gasteiger partial charge is 0.330 e. The second kappa shape index (κ2) is 9.42. The Labute approximate surface area is 152 Å². The maximum Gasteiger partial charge on any atom is 0.330 e. The molecule has 1 aliphatic heterocycles. The zero-order chi connectivity index (χ0) is 18.2. The lowest BCUT2D eigenvalue weighted by Crippen LogP contribution is -2.41. The number of hydrogen-bond acceptors (Lipinski definition) is 4. The number of thioether (sulfide) groups is 1. The van der Waals surface area contributed by atoms with Gasteiger partial charge in [0.25, 0.3) is 0 Å². The van der Waals surface area contributed by atoms with Gasteiger partial charge in [-0.1, -0.05) is 47.7 Å². The van der Waals surface area contributed by atoms with E-state index in [0.29, 0.717) is 12.3 Å². The van der Waals surface area contributed by atoms with E-state index in [0.717, 1.165) is 36.6 Å². The van der Waals surface area contributed by atoms with Gasteiger partial charge in [-0.15, -0.1) is 0 Å². The summed E-state index contributed by atoms with van der Waals surface area (Å²) >= 11 is 1.09. The normalized spacial score (nSPS) is 16.6. The number of hydrogen-bond donors (Lipinski definition) is 1. The molecule has 0 saturated heterocycles. The van der Waals surface area contributed by atoms with Gasteiger partial charge in [-0.3, -0.25) is 9.59 Å². The van der Waals surface area contributed by atoms with E-state index in [2.05, 4.69) is 12.1 Å². The zero-order valence-corrected chi connectivity index (χ0v) is 15.1. The number of aliphatic carboxylic acids is 1. The molecule has 1 amide bonds. The predicted molar refractivity (Wildman–Crippen MR) is 98.4 cm³/mol. The van der Waals surface area contributed by atoms with Crippen LogP contribution >= 0.6 is 11.8 Å². The molecule has 1 atom stereocenters. The van der Waals surface area contributed by atoms with Gasteiger partial charge in [-0.25, -0.2) is 4.79 Å². The minimum Gasteiger partial charge on any atom is -0.479 e. The lowest BCUT2D eigenvalue weighted by atomic mass is 10.0. The zero-order valence-electron chi connectivity index (χ0n) is 14.3. The van der Waals surface area contributed by atoms with Crippen molar-refractivity contribution in [1.29, 1.82) is 0 Å². The number of carboxylic acids is 1. The number of carboxylic acid groups (broad SMARTS) is 1. The van der Waals surface area contributed by atoms with Crippen LogP contribution < -0.4 is 0 Å². The van der Waals surface area contributed by atoms with E-state index >= 15 is 0 Å². The van der Waals surface area contributed by atoms with Gasteiger partial charge in [0.15, 0.2) is 5.12 Å². The van der Waals surface area contributed by atoms with Crippen LogP contribution in [0.2, 0.25) is 0 Å². The first kappa shape index (κ1) is 19.2. The summed E-state index contributed by atoms with van der Waals surface area (Å²) < 4.78 is 0. The summed E-state index contributed by atoms with van der Waals surface area (Å²) in [4.78, 5) is 36.1. The largest absolute Gasteiger partial charge is 0.479 e. The van der Waals surface area contributed by atoms with Crippen molar-refractivity contribution in [3.8, 4) is 0 Å². The first-order valence-electron chi connectivity index (χ1n) is 8.36. The number of amides is 1. The molecule has 0 bridgehead atoms. The highest BCUT2D eigenvalue weighted by molar-refractivity contribution is 8.13. The molecule has 0 unspecified atom stereocenters. The third kappa shape index (κ3) is 6.05. The summed E-state index contributed by atoms with van der Waals surface area (Å²) in [7, 11) is 0. The molecular formula is C19H23NO4S. The van der Waals surface area contributed by atoms with Crippen molar-refractivity contribution in [2.24, 2.45) is 0 Å². The summed E-state index contributed by atoms with van der Waals surface area (Å²) in [6, 6.07) is 9.25. The molecule has 0 radical (unpaired) electrons. The second-order valence-corrected chi connectivity index (χ2v) is 7.33. The Hall–Kier alpha value is -2.08. The molecule has 0 spiro atoms. The number of nitrogens with zero attached hydrogens (tertiary/aromatic N) is 1. The van der Waals surface area contributed by atoms with Crippen LogP contribution in [0.4, 0.5) is 0 Å². The van der Waals surface area contributed by atoms with Gasteiger partial charge < -0.3 is 10.0 Å². The number of carbonyl (C=O) groups is 3. The SMILES string of the molecule is CC(=O)SCCC(=O)N1CC(CCCc2ccccc2)=C[C@H]1C(=O)O. The third-order valence-corrected chi connectivity index (χ3v) is 4.92. The molecule has 2 rings (SSSR count). The van der Waals surface area contributed by atoms with Crippen molar-refractivity contribution in [3.05, 3.63) is 47.5 Å². The summed E-state index contributed by atoms with van der Waals surface area (Å²) in [6.45, 7) is 1.83. The molecule has 0 aromatic heterocycles. The highest BCUT2D eigenvalue weighted by Gasteiger charge is 2.33. The van der Waals surface area contributed by atoms with Crippen LogP contribution in [0, 0.1) is 0 Å². The van der Waals surface area contributed by atoms with Crippen molar-refractivity contribution >= 4 is 28.8 Å². The Morgan fingerprint density at radius 2 is 1.92 bits per heavy atom. The Morgan fingerprint density at radius 3 is 2.56 bits per heavy atom. The highest BCUT2D eigenvalue weighted by Crippen LogP contribution is 2.23. The number of carbonyl (C=O) groups excluding carboxylic acids is 2. The fraction of sp³-hybridized carbons (Fsp3) is 0.421. The van der Waals surface area contributed by atoms with E-state index in [1.54, 1.807) is 6.08 Å². The first-order chi connectivity index (χ1) is 12.0. The van der Waals surface area contributed by atoms with E-state index in [9.17, 15) is 19.5 Å². The van der Waals surface area contributed by atoms with E-state index in [4.69, 9.17) is 0 Å². The molecule has 5 nitrogen and oxygen atoms in total. The van der Waals surface area contributed by atoms with Crippen LogP contribution in [-0.4, -0.2) is 45.3 Å². The van der Waals surface area contributed by atoms with Crippen LogP contribution in [0.1, 0.15) is 31.7 Å². The molecule has 1 aromatic carbocycles. The van der Waals surface area contributed by atoms with Crippen molar-refractivity contribution in [2.75, 3.05) is 12.3 Å². The van der Waals surface area contributed by atoms with Crippen molar-refractivity contribution in [2.45, 2.75) is 38.6 Å². The minimum absolute atomic E-state index is 0.0382. The maximum absolute atomic E-state index is 12.3. The summed E-state index contributed by atoms with van der Waals surface area (Å²) in [6.07, 6.45) is 4.51. The summed E-state index contributed by atoms with van der Waals surface area (Å²) in [5, 5.41) is 9.33. The standard InChI is InChI=1S/C19H23NO4S/c1-14(21)25-11-10-18(22)20-13-16(12-17(20)19(23)24)9-5-8-15-6-3-2-4-7-15/h2-4,6-7,12,17H,5,8-11,13H2,1H3,(H,23,24)/t17-/m0/s1. The molecule has 0 saturated carbocycles. The fourth-order valence-corrected chi connectivity index (χ4v) is 3.45. The van der Waals surface area contributed by atoms with Gasteiger partial charge >= 0.3 is 5.97 Å². The highest BCUT2D eigenvalue weighted by atomic mass is 32.2. The summed E-state index contributed by atoms with van der Waals surface area (Å²) in [5.41, 5.74) is 2.25. The average Bonchev–Trinajstić information content (AvgIpc) is 3.00. The minimum atomic E-state index is -1.01. The molecule has 134 valence electrons. The lowest BCUT2D eigenvalue weighted by molar-refractivity contribution is -0.146. The van der Waals surface area contributed by atoms with Gasteiger partial charge in [-0.05, 0) is 30.9 Å². The first-order valence-corrected chi connectivity index (χ1v) is 9.35. The lowest BCUT2D eigenvalue weighted by Gasteiger charge is -2.21. The van der Waals surface area contributed by atoms with E-state index in [-0.39, 0.29) is 17.4 Å². The quantitative estimate of drug-likeness (QED) is 0.721.